The maximum atomic E-state index is 6.22. The van der Waals surface area contributed by atoms with Crippen molar-refractivity contribution in [3.63, 3.8) is 0 Å². The summed E-state index contributed by atoms with van der Waals surface area (Å²) in [5.74, 6) is 6.18. The average molecular weight is 527 g/mol. The maximum Gasteiger partial charge on any atom is 0.189 e. The SMILES string of the molecule is CC(C)CCCC(C)C1CCC2C3CC=C4CC(OCOc5ccc(Cl)cc5)CCC4(C)C3CCC12C. The van der Waals surface area contributed by atoms with E-state index in [1.54, 1.807) is 5.57 Å². The van der Waals surface area contributed by atoms with E-state index in [9.17, 15) is 0 Å². The zero-order chi connectivity index (χ0) is 26.2. The molecule has 3 fully saturated rings. The van der Waals surface area contributed by atoms with Gasteiger partial charge in [0.25, 0.3) is 0 Å². The molecular weight excluding hydrogens is 476 g/mol. The minimum absolute atomic E-state index is 0.277. The molecule has 4 aliphatic carbocycles. The Morgan fingerprint density at radius 3 is 2.49 bits per heavy atom. The molecule has 0 heterocycles. The normalized spacial score (nSPS) is 37.9. The summed E-state index contributed by atoms with van der Waals surface area (Å²) >= 11 is 5.99. The van der Waals surface area contributed by atoms with Crippen molar-refractivity contribution in [3.8, 4) is 5.75 Å². The van der Waals surface area contributed by atoms with Crippen LogP contribution in [0.2, 0.25) is 5.02 Å². The molecule has 0 spiro atoms. The Kier molecular flexibility index (Phi) is 8.38. The fraction of sp³-hybridized carbons (Fsp3) is 0.765. The van der Waals surface area contributed by atoms with Gasteiger partial charge >= 0.3 is 0 Å². The van der Waals surface area contributed by atoms with Crippen LogP contribution < -0.4 is 4.74 Å². The number of rotatable bonds is 9. The van der Waals surface area contributed by atoms with E-state index in [-0.39, 0.29) is 6.10 Å². The van der Waals surface area contributed by atoms with Crippen molar-refractivity contribution < 1.29 is 9.47 Å². The number of hydrogen-bond donors (Lipinski definition) is 0. The highest BCUT2D eigenvalue weighted by Gasteiger charge is 2.59. The molecule has 0 aliphatic heterocycles. The minimum atomic E-state index is 0.277. The molecule has 8 atom stereocenters. The quantitative estimate of drug-likeness (QED) is 0.235. The van der Waals surface area contributed by atoms with Crippen LogP contribution in [-0.4, -0.2) is 12.9 Å². The lowest BCUT2D eigenvalue weighted by Crippen LogP contribution is -2.51. The Hall–Kier alpha value is -0.990. The van der Waals surface area contributed by atoms with E-state index in [0.717, 1.165) is 59.1 Å². The Bertz CT molecular complexity index is 938. The lowest BCUT2D eigenvalue weighted by atomic mass is 9.47. The smallest absolute Gasteiger partial charge is 0.189 e. The van der Waals surface area contributed by atoms with Crippen LogP contribution in [0, 0.1) is 46.3 Å². The number of halogens is 1. The van der Waals surface area contributed by atoms with Gasteiger partial charge < -0.3 is 9.47 Å². The second kappa shape index (κ2) is 11.2. The van der Waals surface area contributed by atoms with Gasteiger partial charge in [-0.3, -0.25) is 0 Å². The summed E-state index contributed by atoms with van der Waals surface area (Å²) in [5.41, 5.74) is 2.64. The monoisotopic (exact) mass is 526 g/mol. The van der Waals surface area contributed by atoms with Crippen LogP contribution >= 0.6 is 11.6 Å². The van der Waals surface area contributed by atoms with Gasteiger partial charge in [0, 0.05) is 5.02 Å². The van der Waals surface area contributed by atoms with Gasteiger partial charge in [0.05, 0.1) is 6.10 Å². The van der Waals surface area contributed by atoms with E-state index >= 15 is 0 Å². The second-order valence-electron chi connectivity index (χ2n) is 14.0. The Labute approximate surface area is 231 Å². The van der Waals surface area contributed by atoms with Gasteiger partial charge in [-0.15, -0.1) is 0 Å². The molecule has 0 amide bonds. The molecule has 0 bridgehead atoms. The van der Waals surface area contributed by atoms with Crippen LogP contribution in [0.3, 0.4) is 0 Å². The molecule has 0 N–H and O–H groups in total. The van der Waals surface area contributed by atoms with Crippen molar-refractivity contribution in [2.75, 3.05) is 6.79 Å². The third-order valence-corrected chi connectivity index (χ3v) is 11.9. The summed E-state index contributed by atoms with van der Waals surface area (Å²) in [7, 11) is 0. The first-order chi connectivity index (χ1) is 17.7. The molecule has 1 aromatic rings. The van der Waals surface area contributed by atoms with E-state index in [1.165, 1.54) is 57.8 Å². The van der Waals surface area contributed by atoms with Crippen molar-refractivity contribution >= 4 is 11.6 Å². The predicted octanol–water partition coefficient (Wildman–Crippen LogP) is 10.1. The molecule has 0 saturated heterocycles. The highest BCUT2D eigenvalue weighted by atomic mass is 35.5. The number of hydrogen-bond acceptors (Lipinski definition) is 2. The minimum Gasteiger partial charge on any atom is -0.468 e. The first-order valence-electron chi connectivity index (χ1n) is 15.4. The molecular formula is C34H51ClO2. The number of allylic oxidation sites excluding steroid dienone is 1. The number of ether oxygens (including phenoxy) is 2. The molecule has 3 heteroatoms. The highest BCUT2D eigenvalue weighted by molar-refractivity contribution is 6.30. The van der Waals surface area contributed by atoms with E-state index in [2.05, 4.69) is 40.7 Å². The predicted molar refractivity (Wildman–Crippen MR) is 155 cm³/mol. The second-order valence-corrected chi connectivity index (χ2v) is 14.5. The molecule has 8 unspecified atom stereocenters. The first-order valence-corrected chi connectivity index (χ1v) is 15.8. The summed E-state index contributed by atoms with van der Waals surface area (Å²) in [4.78, 5) is 0. The Morgan fingerprint density at radius 2 is 1.73 bits per heavy atom. The third kappa shape index (κ3) is 5.54. The van der Waals surface area contributed by atoms with Crippen LogP contribution in [0.25, 0.3) is 0 Å². The average Bonchev–Trinajstić information content (AvgIpc) is 3.22. The van der Waals surface area contributed by atoms with Gasteiger partial charge in [-0.1, -0.05) is 77.1 Å². The molecule has 37 heavy (non-hydrogen) atoms. The van der Waals surface area contributed by atoms with Gasteiger partial charge in [0.1, 0.15) is 5.75 Å². The lowest BCUT2D eigenvalue weighted by molar-refractivity contribution is -0.0814. The standard InChI is InChI=1S/C34H51ClO2/c1-23(2)7-6-8-24(3)30-15-16-31-29-14-9-25-21-28(37-22-36-27-12-10-26(35)11-13-27)17-19-33(25,4)32(29)18-20-34(30,31)5/h9-13,23-24,28-32H,6-8,14-22H2,1-5H3. The van der Waals surface area contributed by atoms with Gasteiger partial charge in [-0.2, -0.15) is 0 Å². The molecule has 0 aromatic heterocycles. The summed E-state index contributed by atoms with van der Waals surface area (Å²) in [6, 6.07) is 7.54. The zero-order valence-electron chi connectivity index (χ0n) is 24.1. The molecule has 3 saturated carbocycles. The van der Waals surface area contributed by atoms with Crippen molar-refractivity contribution in [3.05, 3.63) is 40.9 Å². The van der Waals surface area contributed by atoms with Crippen molar-refractivity contribution in [2.45, 2.75) is 111 Å². The molecule has 1 aromatic carbocycles. The van der Waals surface area contributed by atoms with Crippen molar-refractivity contribution in [1.29, 1.82) is 0 Å². The van der Waals surface area contributed by atoms with Crippen molar-refractivity contribution in [1.82, 2.24) is 0 Å². The summed E-state index contributed by atoms with van der Waals surface area (Å²) in [5, 5.41) is 0.731. The Balaban J connectivity index is 1.19. The number of fused-ring (bicyclic) bond motifs is 5. The maximum absolute atomic E-state index is 6.22. The lowest BCUT2D eigenvalue weighted by Gasteiger charge is -2.58. The molecule has 0 radical (unpaired) electrons. The van der Waals surface area contributed by atoms with E-state index in [0.29, 0.717) is 17.6 Å². The fourth-order valence-corrected chi connectivity index (χ4v) is 9.65. The highest BCUT2D eigenvalue weighted by Crippen LogP contribution is 2.67. The van der Waals surface area contributed by atoms with Gasteiger partial charge in [0.15, 0.2) is 6.79 Å². The van der Waals surface area contributed by atoms with Crippen LogP contribution in [0.1, 0.15) is 105 Å². The largest absolute Gasteiger partial charge is 0.468 e. The fourth-order valence-electron chi connectivity index (χ4n) is 9.52. The van der Waals surface area contributed by atoms with Gasteiger partial charge in [-0.05, 0) is 122 Å². The zero-order valence-corrected chi connectivity index (χ0v) is 24.9. The summed E-state index contributed by atoms with van der Waals surface area (Å²) in [6.45, 7) is 13.0. The summed E-state index contributed by atoms with van der Waals surface area (Å²) in [6.07, 6.45) is 17.8. The number of benzene rings is 1. The van der Waals surface area contributed by atoms with Gasteiger partial charge in [0.2, 0.25) is 0 Å². The van der Waals surface area contributed by atoms with Crippen LogP contribution in [-0.2, 0) is 4.74 Å². The molecule has 4 aliphatic rings. The molecule has 5 rings (SSSR count). The molecule has 2 nitrogen and oxygen atoms in total. The summed E-state index contributed by atoms with van der Waals surface area (Å²) < 4.78 is 12.1. The van der Waals surface area contributed by atoms with E-state index in [1.807, 2.05) is 24.3 Å². The van der Waals surface area contributed by atoms with E-state index in [4.69, 9.17) is 21.1 Å². The van der Waals surface area contributed by atoms with Crippen LogP contribution in [0.4, 0.5) is 0 Å². The van der Waals surface area contributed by atoms with Crippen LogP contribution in [0.5, 0.6) is 5.75 Å². The van der Waals surface area contributed by atoms with Gasteiger partial charge in [-0.25, -0.2) is 0 Å². The topological polar surface area (TPSA) is 18.5 Å². The van der Waals surface area contributed by atoms with Crippen molar-refractivity contribution in [2.24, 2.45) is 46.3 Å². The van der Waals surface area contributed by atoms with E-state index < -0.39 is 0 Å². The van der Waals surface area contributed by atoms with Crippen LogP contribution in [0.15, 0.2) is 35.9 Å². The first kappa shape index (κ1) is 27.6. The molecule has 206 valence electrons. The third-order valence-electron chi connectivity index (χ3n) is 11.6. The Morgan fingerprint density at radius 1 is 0.946 bits per heavy atom.